The SMILES string of the molecule is COP(=O)(OC)[C@@](C)(O)c1ccc(C)c(C)c1. The largest absolute Gasteiger partial charge is 0.373 e. The molecule has 1 aromatic carbocycles. The summed E-state index contributed by atoms with van der Waals surface area (Å²) >= 11 is 0. The van der Waals surface area contributed by atoms with E-state index >= 15 is 0 Å². The molecule has 0 saturated carbocycles. The summed E-state index contributed by atoms with van der Waals surface area (Å²) in [6, 6.07) is 5.39. The van der Waals surface area contributed by atoms with Gasteiger partial charge in [-0.05, 0) is 37.5 Å². The van der Waals surface area contributed by atoms with Gasteiger partial charge in [0.05, 0.1) is 0 Å². The van der Waals surface area contributed by atoms with Crippen molar-refractivity contribution in [1.29, 1.82) is 0 Å². The highest BCUT2D eigenvalue weighted by atomic mass is 31.2. The first-order valence-electron chi connectivity index (χ1n) is 5.30. The molecule has 1 rings (SSSR count). The third kappa shape index (κ3) is 2.45. The Morgan fingerprint density at radius 3 is 2.12 bits per heavy atom. The summed E-state index contributed by atoms with van der Waals surface area (Å²) in [6.07, 6.45) is 0. The fourth-order valence-electron chi connectivity index (χ4n) is 1.62. The molecular weight excluding hydrogens is 239 g/mol. The van der Waals surface area contributed by atoms with Crippen LogP contribution in [0.4, 0.5) is 0 Å². The molecule has 4 nitrogen and oxygen atoms in total. The molecule has 0 aliphatic heterocycles. The molecule has 1 N–H and O–H groups in total. The minimum atomic E-state index is -3.59. The fraction of sp³-hybridized carbons (Fsp3) is 0.500. The number of aliphatic hydroxyl groups is 1. The second-order valence-electron chi connectivity index (χ2n) is 4.18. The lowest BCUT2D eigenvalue weighted by Gasteiger charge is -2.30. The van der Waals surface area contributed by atoms with E-state index in [0.717, 1.165) is 11.1 Å². The van der Waals surface area contributed by atoms with Gasteiger partial charge >= 0.3 is 7.60 Å². The summed E-state index contributed by atoms with van der Waals surface area (Å²) in [5.41, 5.74) is 2.64. The maximum atomic E-state index is 12.3. The lowest BCUT2D eigenvalue weighted by atomic mass is 10.0. The van der Waals surface area contributed by atoms with Crippen LogP contribution in [-0.4, -0.2) is 19.3 Å². The zero-order chi connectivity index (χ0) is 13.3. The number of hydrogen-bond donors (Lipinski definition) is 1. The van der Waals surface area contributed by atoms with Crippen molar-refractivity contribution in [2.24, 2.45) is 0 Å². The minimum Gasteiger partial charge on any atom is -0.373 e. The van der Waals surface area contributed by atoms with Crippen molar-refractivity contribution in [1.82, 2.24) is 0 Å². The predicted octanol–water partition coefficient (Wildman–Crippen LogP) is 2.95. The van der Waals surface area contributed by atoms with Gasteiger partial charge in [0.1, 0.15) is 0 Å². The van der Waals surface area contributed by atoms with Crippen molar-refractivity contribution >= 4 is 7.60 Å². The number of benzene rings is 1. The van der Waals surface area contributed by atoms with E-state index in [1.807, 2.05) is 19.9 Å². The molecule has 0 heterocycles. The van der Waals surface area contributed by atoms with Gasteiger partial charge in [-0.25, -0.2) is 0 Å². The van der Waals surface area contributed by atoms with Crippen molar-refractivity contribution in [3.63, 3.8) is 0 Å². The summed E-state index contributed by atoms with van der Waals surface area (Å²) in [5, 5.41) is 8.75. The standard InChI is InChI=1S/C12H19O4P/c1-9-6-7-11(8-10(9)2)12(3,13)17(14,15-4)16-5/h6-8,13H,1-5H3/t12-/m1/s1. The molecule has 96 valence electrons. The predicted molar refractivity (Wildman–Crippen MR) is 67.1 cm³/mol. The second kappa shape index (κ2) is 4.91. The van der Waals surface area contributed by atoms with Crippen LogP contribution < -0.4 is 0 Å². The van der Waals surface area contributed by atoms with Crippen LogP contribution in [0.5, 0.6) is 0 Å². The van der Waals surface area contributed by atoms with E-state index in [2.05, 4.69) is 0 Å². The van der Waals surface area contributed by atoms with Crippen LogP contribution in [-0.2, 0) is 19.0 Å². The van der Waals surface area contributed by atoms with Crippen molar-refractivity contribution in [2.45, 2.75) is 26.1 Å². The smallest absolute Gasteiger partial charge is 0.365 e. The van der Waals surface area contributed by atoms with Crippen LogP contribution in [0.25, 0.3) is 0 Å². The van der Waals surface area contributed by atoms with Crippen molar-refractivity contribution in [3.8, 4) is 0 Å². The minimum absolute atomic E-state index is 0.521. The van der Waals surface area contributed by atoms with Crippen LogP contribution in [0.15, 0.2) is 18.2 Å². The Morgan fingerprint density at radius 1 is 1.18 bits per heavy atom. The molecule has 0 aliphatic carbocycles. The van der Waals surface area contributed by atoms with Crippen LogP contribution in [0.3, 0.4) is 0 Å². The van der Waals surface area contributed by atoms with Crippen molar-refractivity contribution < 1.29 is 18.7 Å². The topological polar surface area (TPSA) is 55.8 Å². The molecule has 0 amide bonds. The first kappa shape index (κ1) is 14.4. The highest BCUT2D eigenvalue weighted by Crippen LogP contribution is 2.62. The maximum absolute atomic E-state index is 12.3. The van der Waals surface area contributed by atoms with Gasteiger partial charge in [0, 0.05) is 14.2 Å². The van der Waals surface area contributed by atoms with Crippen LogP contribution >= 0.6 is 7.60 Å². The molecule has 1 atom stereocenters. The Morgan fingerprint density at radius 2 is 1.71 bits per heavy atom. The Bertz CT molecular complexity index is 446. The molecule has 0 radical (unpaired) electrons. The molecule has 5 heteroatoms. The highest BCUT2D eigenvalue weighted by molar-refractivity contribution is 7.54. The fourth-order valence-corrected chi connectivity index (χ4v) is 2.94. The van der Waals surface area contributed by atoms with E-state index in [-0.39, 0.29) is 0 Å². The van der Waals surface area contributed by atoms with E-state index in [4.69, 9.17) is 9.05 Å². The molecule has 0 aliphatic rings. The summed E-state index contributed by atoms with van der Waals surface area (Å²) in [4.78, 5) is 0. The third-order valence-electron chi connectivity index (χ3n) is 3.07. The van der Waals surface area contributed by atoms with Gasteiger partial charge in [-0.15, -0.1) is 0 Å². The monoisotopic (exact) mass is 258 g/mol. The summed E-state index contributed by atoms with van der Waals surface area (Å²) in [6.45, 7) is 5.34. The Kier molecular flexibility index (Phi) is 4.15. The van der Waals surface area contributed by atoms with Gasteiger partial charge in [-0.2, -0.15) is 0 Å². The molecule has 17 heavy (non-hydrogen) atoms. The normalized spacial score (nSPS) is 15.6. The molecule has 0 unspecified atom stereocenters. The van der Waals surface area contributed by atoms with Gasteiger partial charge in [-0.3, -0.25) is 4.57 Å². The van der Waals surface area contributed by atoms with E-state index in [1.165, 1.54) is 21.1 Å². The lowest BCUT2D eigenvalue weighted by Crippen LogP contribution is -2.23. The van der Waals surface area contributed by atoms with Crippen molar-refractivity contribution in [2.75, 3.05) is 14.2 Å². The second-order valence-corrected chi connectivity index (χ2v) is 6.78. The maximum Gasteiger partial charge on any atom is 0.365 e. The van der Waals surface area contributed by atoms with Gasteiger partial charge in [0.2, 0.25) is 0 Å². The van der Waals surface area contributed by atoms with Gasteiger partial charge in [0.25, 0.3) is 0 Å². The van der Waals surface area contributed by atoms with Crippen LogP contribution in [0.1, 0.15) is 23.6 Å². The first-order chi connectivity index (χ1) is 7.78. The molecule has 0 fully saturated rings. The zero-order valence-electron chi connectivity index (χ0n) is 10.9. The average molecular weight is 258 g/mol. The highest BCUT2D eigenvalue weighted by Gasteiger charge is 2.46. The molecular formula is C12H19O4P. The van der Waals surface area contributed by atoms with Crippen LogP contribution in [0, 0.1) is 13.8 Å². The molecule has 0 spiro atoms. The summed E-state index contributed by atoms with van der Waals surface area (Å²) in [7, 11) is -1.06. The van der Waals surface area contributed by atoms with E-state index in [0.29, 0.717) is 5.56 Å². The quantitative estimate of drug-likeness (QED) is 0.843. The molecule has 1 aromatic rings. The van der Waals surface area contributed by atoms with Gasteiger partial charge in [-0.1, -0.05) is 18.2 Å². The Balaban J connectivity index is 3.30. The molecule has 0 bridgehead atoms. The molecule has 0 saturated heterocycles. The van der Waals surface area contributed by atoms with Gasteiger partial charge < -0.3 is 14.2 Å². The number of hydrogen-bond acceptors (Lipinski definition) is 4. The van der Waals surface area contributed by atoms with Crippen molar-refractivity contribution in [3.05, 3.63) is 34.9 Å². The molecule has 0 aromatic heterocycles. The Hall–Kier alpha value is -0.670. The zero-order valence-corrected chi connectivity index (χ0v) is 11.7. The third-order valence-corrected chi connectivity index (χ3v) is 5.35. The van der Waals surface area contributed by atoms with Gasteiger partial charge in [0.15, 0.2) is 5.34 Å². The summed E-state index contributed by atoms with van der Waals surface area (Å²) in [5.74, 6) is 0. The number of rotatable bonds is 4. The van der Waals surface area contributed by atoms with E-state index in [1.54, 1.807) is 12.1 Å². The van der Waals surface area contributed by atoms with E-state index < -0.39 is 12.9 Å². The first-order valence-corrected chi connectivity index (χ1v) is 6.84. The number of aryl methyl sites for hydroxylation is 2. The van der Waals surface area contributed by atoms with E-state index in [9.17, 15) is 9.67 Å². The summed E-state index contributed by atoms with van der Waals surface area (Å²) < 4.78 is 22.0. The Labute approximate surface area is 102 Å². The average Bonchev–Trinajstić information content (AvgIpc) is 2.31. The van der Waals surface area contributed by atoms with Crippen LogP contribution in [0.2, 0.25) is 0 Å². The lowest BCUT2D eigenvalue weighted by molar-refractivity contribution is 0.0931.